The van der Waals surface area contributed by atoms with Gasteiger partial charge in [-0.1, -0.05) is 6.92 Å². The number of nitrogens with zero attached hydrogens (tertiary/aromatic N) is 2. The van der Waals surface area contributed by atoms with E-state index in [4.69, 9.17) is 16.6 Å². The lowest BCUT2D eigenvalue weighted by Gasteiger charge is -2.01. The molecule has 2 aromatic heterocycles. The Morgan fingerprint density at radius 1 is 1.60 bits per heavy atom. The molecule has 6 heteroatoms. The van der Waals surface area contributed by atoms with Gasteiger partial charge in [-0.2, -0.15) is 5.10 Å². The average molecular weight is 288 g/mol. The van der Waals surface area contributed by atoms with Crippen LogP contribution in [0.15, 0.2) is 21.2 Å². The Balaban J connectivity index is 2.48. The fourth-order valence-electron chi connectivity index (χ4n) is 1.37. The lowest BCUT2D eigenvalue weighted by atomic mass is 10.4. The van der Waals surface area contributed by atoms with Gasteiger partial charge >= 0.3 is 0 Å². The topological polar surface area (TPSA) is 46.8 Å². The Morgan fingerprint density at radius 3 is 3.00 bits per heavy atom. The maximum Gasteiger partial charge on any atom is 0.198 e. The van der Waals surface area contributed by atoms with Gasteiger partial charge in [0.05, 0.1) is 0 Å². The average Bonchev–Trinajstić information content (AvgIpc) is 2.76. The second kappa shape index (κ2) is 4.32. The van der Waals surface area contributed by atoms with Gasteiger partial charge in [0.2, 0.25) is 0 Å². The van der Waals surface area contributed by atoms with Crippen molar-refractivity contribution in [3.8, 4) is 11.6 Å². The smallest absolute Gasteiger partial charge is 0.198 e. The first-order chi connectivity index (χ1) is 7.22. The molecular formula is C9H10BrN3OS. The van der Waals surface area contributed by atoms with Crippen LogP contribution in [0.3, 0.4) is 0 Å². The summed E-state index contributed by atoms with van der Waals surface area (Å²) in [5.41, 5.74) is 0. The number of hydrogen-bond acceptors (Lipinski definition) is 3. The third-order valence-corrected chi connectivity index (χ3v) is 2.74. The van der Waals surface area contributed by atoms with E-state index in [0.29, 0.717) is 15.2 Å². The number of halogens is 1. The van der Waals surface area contributed by atoms with E-state index in [0.717, 1.165) is 18.8 Å². The Morgan fingerprint density at radius 2 is 2.40 bits per heavy atom. The van der Waals surface area contributed by atoms with Crippen molar-refractivity contribution < 1.29 is 4.42 Å². The molecule has 0 atom stereocenters. The standard InChI is InChI=1S/C9H10BrN3OS/c1-2-5-13-8(11-12-9(13)15)6-3-4-7(10)14-6/h3-4H,2,5H2,1H3,(H,12,15). The second-order valence-corrected chi connectivity index (χ2v) is 4.28. The lowest BCUT2D eigenvalue weighted by molar-refractivity contribution is 0.543. The molecule has 0 saturated carbocycles. The second-order valence-electron chi connectivity index (χ2n) is 3.11. The number of hydrogen-bond donors (Lipinski definition) is 1. The highest BCUT2D eigenvalue weighted by Gasteiger charge is 2.11. The first-order valence-electron chi connectivity index (χ1n) is 4.63. The summed E-state index contributed by atoms with van der Waals surface area (Å²) >= 11 is 8.40. The third kappa shape index (κ3) is 2.05. The van der Waals surface area contributed by atoms with E-state index in [1.165, 1.54) is 0 Å². The first kappa shape index (κ1) is 10.6. The molecule has 1 N–H and O–H groups in total. The van der Waals surface area contributed by atoms with Gasteiger partial charge in [-0.15, -0.1) is 0 Å². The number of aromatic amines is 1. The molecule has 0 unspecified atom stereocenters. The van der Waals surface area contributed by atoms with Crippen molar-refractivity contribution in [3.63, 3.8) is 0 Å². The van der Waals surface area contributed by atoms with Crippen LogP contribution in [0.2, 0.25) is 0 Å². The van der Waals surface area contributed by atoms with Crippen molar-refractivity contribution in [2.45, 2.75) is 19.9 Å². The Kier molecular flexibility index (Phi) is 3.06. The monoisotopic (exact) mass is 287 g/mol. The molecule has 0 radical (unpaired) electrons. The molecule has 4 nitrogen and oxygen atoms in total. The van der Waals surface area contributed by atoms with Crippen molar-refractivity contribution in [1.29, 1.82) is 0 Å². The van der Waals surface area contributed by atoms with Crippen LogP contribution in [-0.4, -0.2) is 14.8 Å². The maximum atomic E-state index is 5.44. The van der Waals surface area contributed by atoms with Crippen molar-refractivity contribution in [1.82, 2.24) is 14.8 Å². The van der Waals surface area contributed by atoms with E-state index in [1.807, 2.05) is 16.7 Å². The molecule has 0 spiro atoms. The summed E-state index contributed by atoms with van der Waals surface area (Å²) in [5, 5.41) is 6.92. The molecule has 0 aliphatic rings. The Labute approximate surface area is 100 Å². The fraction of sp³-hybridized carbons (Fsp3) is 0.333. The Hall–Kier alpha value is -0.880. The summed E-state index contributed by atoms with van der Waals surface area (Å²) in [6.07, 6.45) is 1.00. The van der Waals surface area contributed by atoms with Crippen LogP contribution < -0.4 is 0 Å². The zero-order valence-corrected chi connectivity index (χ0v) is 10.6. The van der Waals surface area contributed by atoms with Gasteiger partial charge < -0.3 is 4.42 Å². The van der Waals surface area contributed by atoms with Crippen molar-refractivity contribution in [3.05, 3.63) is 21.6 Å². The summed E-state index contributed by atoms with van der Waals surface area (Å²) in [5.74, 6) is 1.45. The summed E-state index contributed by atoms with van der Waals surface area (Å²) in [6.45, 7) is 2.93. The number of nitrogens with one attached hydrogen (secondary N) is 1. The minimum absolute atomic E-state index is 0.624. The number of rotatable bonds is 3. The van der Waals surface area contributed by atoms with E-state index in [-0.39, 0.29) is 0 Å². The molecular weight excluding hydrogens is 278 g/mol. The van der Waals surface area contributed by atoms with Crippen LogP contribution in [-0.2, 0) is 6.54 Å². The van der Waals surface area contributed by atoms with E-state index in [2.05, 4.69) is 33.1 Å². The highest BCUT2D eigenvalue weighted by atomic mass is 79.9. The normalized spacial score (nSPS) is 10.8. The largest absolute Gasteiger partial charge is 0.446 e. The Bertz CT molecular complexity index is 513. The highest BCUT2D eigenvalue weighted by molar-refractivity contribution is 9.10. The van der Waals surface area contributed by atoms with Gasteiger partial charge in [-0.05, 0) is 46.7 Å². The highest BCUT2D eigenvalue weighted by Crippen LogP contribution is 2.23. The van der Waals surface area contributed by atoms with Crippen LogP contribution in [0.25, 0.3) is 11.6 Å². The molecule has 2 aromatic rings. The molecule has 0 aliphatic carbocycles. The van der Waals surface area contributed by atoms with Crippen LogP contribution in [0.1, 0.15) is 13.3 Å². The van der Waals surface area contributed by atoms with Crippen LogP contribution in [0.4, 0.5) is 0 Å². The molecule has 0 bridgehead atoms. The molecule has 2 heterocycles. The third-order valence-electron chi connectivity index (χ3n) is 2.00. The summed E-state index contributed by atoms with van der Waals surface area (Å²) < 4.78 is 8.68. The number of furan rings is 1. The molecule has 2 rings (SSSR count). The molecule has 80 valence electrons. The van der Waals surface area contributed by atoms with Crippen molar-refractivity contribution >= 4 is 28.1 Å². The summed E-state index contributed by atoms with van der Waals surface area (Å²) in [6, 6.07) is 3.70. The minimum atomic E-state index is 0.624. The molecule has 0 saturated heterocycles. The van der Waals surface area contributed by atoms with E-state index in [9.17, 15) is 0 Å². The zero-order chi connectivity index (χ0) is 10.8. The summed E-state index contributed by atoms with van der Waals surface area (Å²) in [4.78, 5) is 0. The van der Waals surface area contributed by atoms with E-state index >= 15 is 0 Å². The first-order valence-corrected chi connectivity index (χ1v) is 5.83. The van der Waals surface area contributed by atoms with Gasteiger partial charge in [0.15, 0.2) is 21.0 Å². The van der Waals surface area contributed by atoms with Crippen molar-refractivity contribution in [2.24, 2.45) is 0 Å². The van der Waals surface area contributed by atoms with Gasteiger partial charge in [-0.3, -0.25) is 9.67 Å². The number of H-pyrrole nitrogens is 1. The fourth-order valence-corrected chi connectivity index (χ4v) is 1.90. The van der Waals surface area contributed by atoms with E-state index < -0.39 is 0 Å². The van der Waals surface area contributed by atoms with Crippen LogP contribution >= 0.6 is 28.1 Å². The quantitative estimate of drug-likeness (QED) is 0.881. The predicted octanol–water partition coefficient (Wildman–Crippen LogP) is 3.37. The van der Waals surface area contributed by atoms with Gasteiger partial charge in [0.1, 0.15) is 0 Å². The lowest BCUT2D eigenvalue weighted by Crippen LogP contribution is -1.99. The van der Waals surface area contributed by atoms with E-state index in [1.54, 1.807) is 0 Å². The predicted molar refractivity (Wildman–Crippen MR) is 63.1 cm³/mol. The molecule has 0 aromatic carbocycles. The minimum Gasteiger partial charge on any atom is -0.446 e. The van der Waals surface area contributed by atoms with Gasteiger partial charge in [-0.25, -0.2) is 0 Å². The van der Waals surface area contributed by atoms with Gasteiger partial charge in [0.25, 0.3) is 0 Å². The maximum absolute atomic E-state index is 5.44. The zero-order valence-electron chi connectivity index (χ0n) is 8.16. The van der Waals surface area contributed by atoms with Crippen LogP contribution in [0, 0.1) is 4.77 Å². The molecule has 0 aliphatic heterocycles. The SMILES string of the molecule is CCCn1c(-c2ccc(Br)o2)n[nH]c1=S. The summed E-state index contributed by atoms with van der Waals surface area (Å²) in [7, 11) is 0. The van der Waals surface area contributed by atoms with Crippen molar-refractivity contribution in [2.75, 3.05) is 0 Å². The molecule has 15 heavy (non-hydrogen) atoms. The van der Waals surface area contributed by atoms with Gasteiger partial charge in [0, 0.05) is 6.54 Å². The number of aromatic nitrogens is 3. The molecule has 0 amide bonds. The van der Waals surface area contributed by atoms with Crippen LogP contribution in [0.5, 0.6) is 0 Å². The molecule has 0 fully saturated rings.